The number of methoxy groups -OCH3 is 1. The lowest BCUT2D eigenvalue weighted by atomic mass is 10.1. The monoisotopic (exact) mass is 267 g/mol. The van der Waals surface area contributed by atoms with Crippen LogP contribution in [-0.4, -0.2) is 32.6 Å². The molecule has 0 heterocycles. The number of benzene rings is 1. The molecule has 18 heavy (non-hydrogen) atoms. The highest BCUT2D eigenvalue weighted by Crippen LogP contribution is 2.16. The number of hydrogen-bond donors (Lipinski definition) is 1. The van der Waals surface area contributed by atoms with Gasteiger partial charge in [-0.05, 0) is 43.2 Å². The minimum Gasteiger partial charge on any atom is -0.383 e. The Bertz CT molecular complexity index is 317. The summed E-state index contributed by atoms with van der Waals surface area (Å²) < 4.78 is 4.98. The summed E-state index contributed by atoms with van der Waals surface area (Å²) in [5.74, 6) is 2.39. The minimum atomic E-state index is 0.808. The average Bonchev–Trinajstić information content (AvgIpc) is 2.39. The van der Waals surface area contributed by atoms with E-state index in [1.807, 2.05) is 11.8 Å². The number of aryl methyl sites for hydroxylation is 1. The van der Waals surface area contributed by atoms with Gasteiger partial charge in [0.05, 0.1) is 6.61 Å². The number of ether oxygens (including phenoxy) is 1. The molecule has 0 bridgehead atoms. The average molecular weight is 267 g/mol. The first-order chi connectivity index (χ1) is 8.84. The summed E-state index contributed by atoms with van der Waals surface area (Å²) in [4.78, 5) is 0. The predicted octanol–water partition coefficient (Wildman–Crippen LogP) is 3.24. The maximum atomic E-state index is 4.98. The van der Waals surface area contributed by atoms with Crippen LogP contribution < -0.4 is 5.32 Å². The van der Waals surface area contributed by atoms with Crippen molar-refractivity contribution in [1.82, 2.24) is 5.32 Å². The summed E-state index contributed by atoms with van der Waals surface area (Å²) in [5.41, 5.74) is 2.88. The molecule has 0 aliphatic heterocycles. The third kappa shape index (κ3) is 7.04. The summed E-state index contributed by atoms with van der Waals surface area (Å²) >= 11 is 2.04. The van der Waals surface area contributed by atoms with Crippen molar-refractivity contribution in [3.8, 4) is 0 Å². The molecule has 0 saturated carbocycles. The lowest BCUT2D eigenvalue weighted by Crippen LogP contribution is -2.20. The normalized spacial score (nSPS) is 10.8. The Morgan fingerprint density at radius 3 is 2.78 bits per heavy atom. The van der Waals surface area contributed by atoms with Crippen molar-refractivity contribution < 1.29 is 4.74 Å². The molecule has 0 amide bonds. The van der Waals surface area contributed by atoms with Crippen molar-refractivity contribution in [1.29, 1.82) is 0 Å². The van der Waals surface area contributed by atoms with Crippen LogP contribution in [0.15, 0.2) is 24.3 Å². The fourth-order valence-electron chi connectivity index (χ4n) is 1.71. The molecule has 1 N–H and O–H groups in total. The van der Waals surface area contributed by atoms with Crippen LogP contribution >= 0.6 is 11.8 Å². The second-order valence-corrected chi connectivity index (χ2v) is 5.53. The second-order valence-electron chi connectivity index (χ2n) is 4.43. The SMILES string of the molecule is COCCNCCCCSCc1ccccc1C. The van der Waals surface area contributed by atoms with Gasteiger partial charge in [-0.25, -0.2) is 0 Å². The van der Waals surface area contributed by atoms with Gasteiger partial charge in [-0.2, -0.15) is 11.8 Å². The molecular weight excluding hydrogens is 242 g/mol. The summed E-state index contributed by atoms with van der Waals surface area (Å²) in [6.45, 7) is 5.07. The zero-order valence-electron chi connectivity index (χ0n) is 11.6. The highest BCUT2D eigenvalue weighted by molar-refractivity contribution is 7.98. The van der Waals surface area contributed by atoms with E-state index in [0.29, 0.717) is 0 Å². The van der Waals surface area contributed by atoms with E-state index in [0.717, 1.165) is 25.4 Å². The Balaban J connectivity index is 1.94. The Labute approximate surface area is 116 Å². The van der Waals surface area contributed by atoms with Gasteiger partial charge in [0.2, 0.25) is 0 Å². The van der Waals surface area contributed by atoms with Gasteiger partial charge in [-0.3, -0.25) is 0 Å². The molecule has 0 atom stereocenters. The summed E-state index contributed by atoms with van der Waals surface area (Å²) in [5, 5.41) is 3.37. The van der Waals surface area contributed by atoms with E-state index in [1.165, 1.54) is 29.7 Å². The van der Waals surface area contributed by atoms with E-state index in [9.17, 15) is 0 Å². The highest BCUT2D eigenvalue weighted by Gasteiger charge is 1.97. The van der Waals surface area contributed by atoms with Crippen LogP contribution in [0.5, 0.6) is 0 Å². The molecule has 0 unspecified atom stereocenters. The first-order valence-electron chi connectivity index (χ1n) is 6.66. The molecule has 1 rings (SSSR count). The van der Waals surface area contributed by atoms with E-state index >= 15 is 0 Å². The highest BCUT2D eigenvalue weighted by atomic mass is 32.2. The van der Waals surface area contributed by atoms with Crippen LogP contribution in [0.1, 0.15) is 24.0 Å². The summed E-state index contributed by atoms with van der Waals surface area (Å²) in [6, 6.07) is 8.65. The van der Waals surface area contributed by atoms with Crippen LogP contribution in [0.2, 0.25) is 0 Å². The third-order valence-electron chi connectivity index (χ3n) is 2.89. The van der Waals surface area contributed by atoms with Crippen LogP contribution in [0.25, 0.3) is 0 Å². The van der Waals surface area contributed by atoms with E-state index < -0.39 is 0 Å². The molecule has 0 spiro atoms. The van der Waals surface area contributed by atoms with Gasteiger partial charge < -0.3 is 10.1 Å². The van der Waals surface area contributed by atoms with Gasteiger partial charge in [-0.1, -0.05) is 24.3 Å². The van der Waals surface area contributed by atoms with Crippen molar-refractivity contribution in [2.75, 3.05) is 32.6 Å². The molecule has 0 aliphatic rings. The van der Waals surface area contributed by atoms with E-state index in [-0.39, 0.29) is 0 Å². The van der Waals surface area contributed by atoms with Crippen molar-refractivity contribution in [3.05, 3.63) is 35.4 Å². The Morgan fingerprint density at radius 2 is 2.00 bits per heavy atom. The molecule has 0 aromatic heterocycles. The molecule has 0 saturated heterocycles. The third-order valence-corrected chi connectivity index (χ3v) is 3.99. The Kier molecular flexibility index (Phi) is 9.00. The van der Waals surface area contributed by atoms with Crippen LogP contribution in [0.3, 0.4) is 0 Å². The molecule has 1 aromatic rings. The number of nitrogens with one attached hydrogen (secondary N) is 1. The van der Waals surface area contributed by atoms with Crippen molar-refractivity contribution >= 4 is 11.8 Å². The standard InChI is InChI=1S/C15H25NOS/c1-14-7-3-4-8-15(14)13-18-12-6-5-9-16-10-11-17-2/h3-4,7-8,16H,5-6,9-13H2,1-2H3. The molecule has 2 nitrogen and oxygen atoms in total. The molecular formula is C15H25NOS. The number of hydrogen-bond acceptors (Lipinski definition) is 3. The number of rotatable bonds is 10. The lowest BCUT2D eigenvalue weighted by Gasteiger charge is -2.06. The van der Waals surface area contributed by atoms with Gasteiger partial charge in [0.25, 0.3) is 0 Å². The Hall–Kier alpha value is -0.510. The summed E-state index contributed by atoms with van der Waals surface area (Å²) in [7, 11) is 1.74. The lowest BCUT2D eigenvalue weighted by molar-refractivity contribution is 0.199. The molecule has 102 valence electrons. The predicted molar refractivity (Wildman–Crippen MR) is 81.3 cm³/mol. The van der Waals surface area contributed by atoms with E-state index in [4.69, 9.17) is 4.74 Å². The van der Waals surface area contributed by atoms with Crippen molar-refractivity contribution in [3.63, 3.8) is 0 Å². The minimum absolute atomic E-state index is 0.808. The Morgan fingerprint density at radius 1 is 1.17 bits per heavy atom. The second kappa shape index (κ2) is 10.4. The molecule has 3 heteroatoms. The van der Waals surface area contributed by atoms with Crippen LogP contribution in [0, 0.1) is 6.92 Å². The summed E-state index contributed by atoms with van der Waals surface area (Å²) in [6.07, 6.45) is 2.54. The maximum Gasteiger partial charge on any atom is 0.0587 e. The number of thioether (sulfide) groups is 1. The molecule has 0 aliphatic carbocycles. The molecule has 0 radical (unpaired) electrons. The molecule has 1 aromatic carbocycles. The quantitative estimate of drug-likeness (QED) is 0.658. The van der Waals surface area contributed by atoms with Crippen LogP contribution in [0.4, 0.5) is 0 Å². The van der Waals surface area contributed by atoms with Crippen molar-refractivity contribution in [2.24, 2.45) is 0 Å². The van der Waals surface area contributed by atoms with Gasteiger partial charge in [0.15, 0.2) is 0 Å². The molecule has 0 fully saturated rings. The fourth-order valence-corrected chi connectivity index (χ4v) is 2.80. The zero-order chi connectivity index (χ0) is 13.1. The zero-order valence-corrected chi connectivity index (χ0v) is 12.4. The van der Waals surface area contributed by atoms with Gasteiger partial charge in [-0.15, -0.1) is 0 Å². The van der Waals surface area contributed by atoms with E-state index in [1.54, 1.807) is 7.11 Å². The maximum absolute atomic E-state index is 4.98. The number of unbranched alkanes of at least 4 members (excludes halogenated alkanes) is 1. The van der Waals surface area contributed by atoms with Gasteiger partial charge in [0.1, 0.15) is 0 Å². The van der Waals surface area contributed by atoms with Crippen molar-refractivity contribution in [2.45, 2.75) is 25.5 Å². The van der Waals surface area contributed by atoms with Crippen LogP contribution in [-0.2, 0) is 10.5 Å². The fraction of sp³-hybridized carbons (Fsp3) is 0.600. The van der Waals surface area contributed by atoms with Gasteiger partial charge in [0, 0.05) is 19.4 Å². The largest absolute Gasteiger partial charge is 0.383 e. The van der Waals surface area contributed by atoms with E-state index in [2.05, 4.69) is 36.5 Å². The first kappa shape index (κ1) is 15.5. The first-order valence-corrected chi connectivity index (χ1v) is 7.82. The van der Waals surface area contributed by atoms with Gasteiger partial charge >= 0.3 is 0 Å². The topological polar surface area (TPSA) is 21.3 Å². The smallest absolute Gasteiger partial charge is 0.0587 e.